The molecule has 0 atom stereocenters. The van der Waals surface area contributed by atoms with Crippen LogP contribution in [0.4, 0.5) is 5.69 Å². The smallest absolute Gasteiger partial charge is 0.269 e. The van der Waals surface area contributed by atoms with Crippen LogP contribution < -0.4 is 4.31 Å². The number of benzene rings is 1. The zero-order valence-corrected chi connectivity index (χ0v) is 15.7. The fourth-order valence-corrected chi connectivity index (χ4v) is 4.24. The van der Waals surface area contributed by atoms with Crippen molar-refractivity contribution in [2.24, 2.45) is 0 Å². The summed E-state index contributed by atoms with van der Waals surface area (Å²) in [6.07, 6.45) is 2.36. The quantitative estimate of drug-likeness (QED) is 0.645. The molecule has 0 spiro atoms. The first-order valence-corrected chi connectivity index (χ1v) is 9.63. The number of fused-ring (bicyclic) bond motifs is 1. The van der Waals surface area contributed by atoms with Crippen molar-refractivity contribution >= 4 is 21.4 Å². The van der Waals surface area contributed by atoms with Crippen molar-refractivity contribution in [3.63, 3.8) is 0 Å². The van der Waals surface area contributed by atoms with Gasteiger partial charge in [-0.2, -0.15) is 5.26 Å². The molecule has 0 aliphatic rings. The van der Waals surface area contributed by atoms with E-state index >= 15 is 0 Å². The maximum absolute atomic E-state index is 13.3. The summed E-state index contributed by atoms with van der Waals surface area (Å²) in [5.74, 6) is 0.676. The van der Waals surface area contributed by atoms with Crippen LogP contribution in [0.2, 0.25) is 0 Å². The van der Waals surface area contributed by atoms with Crippen molar-refractivity contribution in [1.29, 1.82) is 5.26 Å². The van der Waals surface area contributed by atoms with Gasteiger partial charge in [0.25, 0.3) is 10.0 Å². The van der Waals surface area contributed by atoms with Crippen LogP contribution in [0.25, 0.3) is 5.65 Å². The number of sulfonamides is 1. The molecule has 7 nitrogen and oxygen atoms in total. The van der Waals surface area contributed by atoms with Gasteiger partial charge in [-0.25, -0.2) is 8.42 Å². The number of hydrogen-bond acceptors (Lipinski definition) is 5. The number of hydrogen-bond donors (Lipinski definition) is 0. The van der Waals surface area contributed by atoms with E-state index in [-0.39, 0.29) is 17.1 Å². The Kier molecular flexibility index (Phi) is 4.66. The molecule has 1 aromatic carbocycles. The zero-order chi connectivity index (χ0) is 18.9. The normalized spacial score (nSPS) is 11.5. The number of nitrogens with zero attached hydrogens (tertiary/aromatic N) is 5. The van der Waals surface area contributed by atoms with Gasteiger partial charge < -0.3 is 0 Å². The second-order valence-corrected chi connectivity index (χ2v) is 7.80. The lowest BCUT2D eigenvalue weighted by Crippen LogP contribution is -2.32. The molecule has 134 valence electrons. The Morgan fingerprint density at radius 1 is 1.19 bits per heavy atom. The van der Waals surface area contributed by atoms with E-state index in [1.54, 1.807) is 28.8 Å². The van der Waals surface area contributed by atoms with Crippen molar-refractivity contribution in [3.8, 4) is 6.07 Å². The molecule has 3 aromatic rings. The highest BCUT2D eigenvalue weighted by Crippen LogP contribution is 2.27. The third-order valence-electron chi connectivity index (χ3n) is 4.35. The maximum atomic E-state index is 13.3. The van der Waals surface area contributed by atoms with Gasteiger partial charge in [0, 0.05) is 12.6 Å². The van der Waals surface area contributed by atoms with Gasteiger partial charge in [-0.15, -0.1) is 10.2 Å². The highest BCUT2D eigenvalue weighted by atomic mass is 32.2. The van der Waals surface area contributed by atoms with E-state index < -0.39 is 10.0 Å². The van der Waals surface area contributed by atoms with Crippen LogP contribution in [-0.4, -0.2) is 29.6 Å². The van der Waals surface area contributed by atoms with Crippen LogP contribution >= 0.6 is 0 Å². The van der Waals surface area contributed by atoms with Crippen LogP contribution in [0, 0.1) is 25.2 Å². The molecule has 0 unspecified atom stereocenters. The van der Waals surface area contributed by atoms with Gasteiger partial charge in [0.05, 0.1) is 11.8 Å². The van der Waals surface area contributed by atoms with E-state index in [9.17, 15) is 13.7 Å². The van der Waals surface area contributed by atoms with Gasteiger partial charge in [0.2, 0.25) is 0 Å². The Bertz CT molecular complexity index is 1110. The van der Waals surface area contributed by atoms with Crippen LogP contribution in [0.5, 0.6) is 0 Å². The summed E-state index contributed by atoms with van der Waals surface area (Å²) in [4.78, 5) is 0.0284. The SMILES string of the molecule is CCc1nnc2c(S(=O)(=O)N(CC#N)c3ccc(C)c(C)c3)cccn12. The van der Waals surface area contributed by atoms with Gasteiger partial charge in [-0.3, -0.25) is 8.71 Å². The molecule has 8 heteroatoms. The summed E-state index contributed by atoms with van der Waals surface area (Å²) in [5.41, 5.74) is 2.72. The minimum Gasteiger partial charge on any atom is -0.285 e. The lowest BCUT2D eigenvalue weighted by molar-refractivity contribution is 0.593. The van der Waals surface area contributed by atoms with Crippen LogP contribution in [0.3, 0.4) is 0 Å². The van der Waals surface area contributed by atoms with Crippen LogP contribution in [0.1, 0.15) is 23.9 Å². The fourth-order valence-electron chi connectivity index (χ4n) is 2.76. The average molecular weight is 369 g/mol. The topological polar surface area (TPSA) is 91.4 Å². The summed E-state index contributed by atoms with van der Waals surface area (Å²) in [6.45, 7) is 5.49. The number of nitriles is 1. The van der Waals surface area contributed by atoms with Crippen molar-refractivity contribution < 1.29 is 8.42 Å². The average Bonchev–Trinajstić information content (AvgIpc) is 3.05. The monoisotopic (exact) mass is 369 g/mol. The van der Waals surface area contributed by atoms with E-state index in [4.69, 9.17) is 0 Å². The molecule has 0 saturated heterocycles. The number of anilines is 1. The van der Waals surface area contributed by atoms with E-state index in [2.05, 4.69) is 10.2 Å². The molecule has 0 N–H and O–H groups in total. The highest BCUT2D eigenvalue weighted by molar-refractivity contribution is 7.93. The molecule has 0 radical (unpaired) electrons. The molecular weight excluding hydrogens is 350 g/mol. The minimum atomic E-state index is -3.98. The second-order valence-electron chi connectivity index (χ2n) is 5.97. The number of rotatable bonds is 5. The molecule has 26 heavy (non-hydrogen) atoms. The largest absolute Gasteiger partial charge is 0.285 e. The molecule has 0 aliphatic heterocycles. The summed E-state index contributed by atoms with van der Waals surface area (Å²) < 4.78 is 29.4. The summed E-state index contributed by atoms with van der Waals surface area (Å²) >= 11 is 0. The molecule has 3 rings (SSSR count). The molecule has 2 heterocycles. The zero-order valence-electron chi connectivity index (χ0n) is 14.8. The van der Waals surface area contributed by atoms with Crippen molar-refractivity contribution in [1.82, 2.24) is 14.6 Å². The van der Waals surface area contributed by atoms with Crippen LogP contribution in [-0.2, 0) is 16.4 Å². The Morgan fingerprint density at radius 2 is 1.96 bits per heavy atom. The van der Waals surface area contributed by atoms with Crippen molar-refractivity contribution in [2.45, 2.75) is 32.1 Å². The van der Waals surface area contributed by atoms with Gasteiger partial charge >= 0.3 is 0 Å². The molecule has 2 aromatic heterocycles. The molecule has 0 saturated carbocycles. The predicted molar refractivity (Wildman–Crippen MR) is 98.4 cm³/mol. The first-order valence-electron chi connectivity index (χ1n) is 8.19. The standard InChI is InChI=1S/C18H19N5O2S/c1-4-17-20-21-18-16(6-5-10-22(17)18)26(24,25)23(11-9-19)15-8-7-13(2)14(3)12-15/h5-8,10,12H,4,11H2,1-3H3. The van der Waals surface area contributed by atoms with Gasteiger partial charge in [-0.1, -0.05) is 13.0 Å². The summed E-state index contributed by atoms with van der Waals surface area (Å²) in [6, 6.07) is 10.4. The number of aryl methyl sites for hydroxylation is 3. The van der Waals surface area contributed by atoms with Crippen LogP contribution in [0.15, 0.2) is 41.4 Å². The fraction of sp³-hybridized carbons (Fsp3) is 0.278. The lowest BCUT2D eigenvalue weighted by Gasteiger charge is -2.22. The lowest BCUT2D eigenvalue weighted by atomic mass is 10.1. The molecule has 0 fully saturated rings. The molecule has 0 amide bonds. The predicted octanol–water partition coefficient (Wildman–Crippen LogP) is 2.63. The van der Waals surface area contributed by atoms with E-state index in [0.29, 0.717) is 17.9 Å². The third-order valence-corrected chi connectivity index (χ3v) is 6.14. The molecular formula is C18H19N5O2S. The van der Waals surface area contributed by atoms with E-state index in [1.165, 1.54) is 6.07 Å². The first kappa shape index (κ1) is 17.9. The first-order chi connectivity index (χ1) is 12.4. The minimum absolute atomic E-state index is 0.0284. The number of aromatic nitrogens is 3. The third kappa shape index (κ3) is 2.91. The van der Waals surface area contributed by atoms with Gasteiger partial charge in [0.15, 0.2) is 5.65 Å². The Morgan fingerprint density at radius 3 is 2.62 bits per heavy atom. The second kappa shape index (κ2) is 6.77. The van der Waals surface area contributed by atoms with E-state index in [0.717, 1.165) is 15.4 Å². The Balaban J connectivity index is 2.19. The maximum Gasteiger partial charge on any atom is 0.269 e. The Hall–Kier alpha value is -2.92. The summed E-state index contributed by atoms with van der Waals surface area (Å²) in [7, 11) is -3.98. The van der Waals surface area contributed by atoms with Crippen molar-refractivity contribution in [3.05, 3.63) is 53.5 Å². The number of pyridine rings is 1. The van der Waals surface area contributed by atoms with Gasteiger partial charge in [0.1, 0.15) is 17.3 Å². The van der Waals surface area contributed by atoms with E-state index in [1.807, 2.05) is 32.9 Å². The molecule has 0 aliphatic carbocycles. The summed E-state index contributed by atoms with van der Waals surface area (Å²) in [5, 5.41) is 17.3. The van der Waals surface area contributed by atoms with Crippen molar-refractivity contribution in [2.75, 3.05) is 10.8 Å². The molecule has 0 bridgehead atoms. The van der Waals surface area contributed by atoms with Gasteiger partial charge in [-0.05, 0) is 49.2 Å². The highest BCUT2D eigenvalue weighted by Gasteiger charge is 2.28. The Labute approximate surface area is 152 Å².